The summed E-state index contributed by atoms with van der Waals surface area (Å²) in [7, 11) is 0. The zero-order valence-electron chi connectivity index (χ0n) is 14.4. The van der Waals surface area contributed by atoms with Crippen LogP contribution in [0.5, 0.6) is 0 Å². The maximum absolute atomic E-state index is 12.1. The predicted molar refractivity (Wildman–Crippen MR) is 103 cm³/mol. The van der Waals surface area contributed by atoms with Gasteiger partial charge in [0.15, 0.2) is 5.13 Å². The van der Waals surface area contributed by atoms with Crippen molar-refractivity contribution >= 4 is 22.5 Å². The van der Waals surface area contributed by atoms with Gasteiger partial charge in [0.25, 0.3) is 0 Å². The number of hydrogen-bond acceptors (Lipinski definition) is 4. The molecule has 2 amide bonds. The smallest absolute Gasteiger partial charge is 0.321 e. The third-order valence-corrected chi connectivity index (χ3v) is 5.50. The molecule has 0 radical (unpaired) electrons. The van der Waals surface area contributed by atoms with Crippen LogP contribution in [0, 0.1) is 0 Å². The van der Waals surface area contributed by atoms with E-state index in [2.05, 4.69) is 20.7 Å². The fourth-order valence-electron chi connectivity index (χ4n) is 3.08. The number of amides is 2. The Balaban J connectivity index is 1.26. The van der Waals surface area contributed by atoms with Gasteiger partial charge < -0.3 is 5.32 Å². The number of thiazole rings is 1. The van der Waals surface area contributed by atoms with Gasteiger partial charge in [0, 0.05) is 17.6 Å². The Hall–Kier alpha value is -2.67. The zero-order valence-corrected chi connectivity index (χ0v) is 15.3. The van der Waals surface area contributed by atoms with Crippen LogP contribution in [0.4, 0.5) is 9.93 Å². The van der Waals surface area contributed by atoms with E-state index in [1.54, 1.807) is 11.3 Å². The van der Waals surface area contributed by atoms with E-state index >= 15 is 0 Å². The molecule has 0 spiro atoms. The molecule has 1 aliphatic carbocycles. The van der Waals surface area contributed by atoms with Crippen molar-refractivity contribution in [1.82, 2.24) is 20.1 Å². The Bertz CT molecular complexity index is 863. The molecule has 134 valence electrons. The number of carbonyl (C=O) groups excluding carboxylic acids is 1. The summed E-state index contributed by atoms with van der Waals surface area (Å²) < 4.78 is 1.84. The summed E-state index contributed by atoms with van der Waals surface area (Å²) in [6.07, 6.45) is 9.08. The summed E-state index contributed by atoms with van der Waals surface area (Å²) in [5.41, 5.74) is 3.26. The standard InChI is InChI=1S/C19H21N5OS/c25-18(23-19-22-16-8-4-5-9-17(16)26-19)20-11-10-14-12-21-24(13-14)15-6-2-1-3-7-15/h1-3,6-7,12-13H,4-5,8-11H2,(H2,20,22,23,25). The summed E-state index contributed by atoms with van der Waals surface area (Å²) >= 11 is 1.60. The van der Waals surface area contributed by atoms with Gasteiger partial charge in [0.05, 0.1) is 17.6 Å². The van der Waals surface area contributed by atoms with Crippen LogP contribution < -0.4 is 10.6 Å². The summed E-state index contributed by atoms with van der Waals surface area (Å²) in [5, 5.41) is 10.8. The molecule has 6 nitrogen and oxygen atoms in total. The second-order valence-corrected chi connectivity index (χ2v) is 7.44. The van der Waals surface area contributed by atoms with Gasteiger partial charge in [-0.05, 0) is 49.8 Å². The summed E-state index contributed by atoms with van der Waals surface area (Å²) in [6, 6.07) is 9.77. The first-order chi connectivity index (χ1) is 12.8. The number of urea groups is 1. The lowest BCUT2D eigenvalue weighted by molar-refractivity contribution is 0.252. The Morgan fingerprint density at radius 2 is 2.04 bits per heavy atom. The lowest BCUT2D eigenvalue weighted by atomic mass is 10.0. The highest BCUT2D eigenvalue weighted by Gasteiger charge is 2.16. The molecule has 3 aromatic rings. The molecule has 0 atom stereocenters. The zero-order chi connectivity index (χ0) is 17.8. The number of para-hydroxylation sites is 1. The molecule has 2 aromatic heterocycles. The monoisotopic (exact) mass is 367 g/mol. The summed E-state index contributed by atoms with van der Waals surface area (Å²) in [6.45, 7) is 0.553. The third-order valence-electron chi connectivity index (χ3n) is 4.42. The number of nitrogens with one attached hydrogen (secondary N) is 2. The Labute approximate surface area is 156 Å². The van der Waals surface area contributed by atoms with Crippen LogP contribution in [0.25, 0.3) is 5.69 Å². The van der Waals surface area contributed by atoms with Crippen molar-refractivity contribution in [2.45, 2.75) is 32.1 Å². The second kappa shape index (κ2) is 7.70. The van der Waals surface area contributed by atoms with E-state index < -0.39 is 0 Å². The quantitative estimate of drug-likeness (QED) is 0.724. The first kappa shape index (κ1) is 16.8. The van der Waals surface area contributed by atoms with Gasteiger partial charge in [-0.1, -0.05) is 18.2 Å². The number of hydrogen-bond donors (Lipinski definition) is 2. The van der Waals surface area contributed by atoms with Gasteiger partial charge in [-0.15, -0.1) is 11.3 Å². The molecule has 4 rings (SSSR count). The Kier molecular flexibility index (Phi) is 4.97. The highest BCUT2D eigenvalue weighted by atomic mass is 32.1. The van der Waals surface area contributed by atoms with E-state index in [0.29, 0.717) is 11.7 Å². The average Bonchev–Trinajstić information content (AvgIpc) is 3.29. The van der Waals surface area contributed by atoms with Crippen LogP contribution in [0.15, 0.2) is 42.7 Å². The summed E-state index contributed by atoms with van der Waals surface area (Å²) in [5.74, 6) is 0. The first-order valence-electron chi connectivity index (χ1n) is 8.90. The normalized spacial score (nSPS) is 13.2. The maximum atomic E-state index is 12.1. The van der Waals surface area contributed by atoms with Gasteiger partial charge in [0.2, 0.25) is 0 Å². The number of carbonyl (C=O) groups is 1. The largest absolute Gasteiger partial charge is 0.337 e. The van der Waals surface area contributed by atoms with Crippen molar-refractivity contribution in [3.05, 3.63) is 58.9 Å². The number of anilines is 1. The van der Waals surface area contributed by atoms with Crippen LogP contribution in [0.1, 0.15) is 29.0 Å². The molecule has 1 aliphatic rings. The second-order valence-electron chi connectivity index (χ2n) is 6.36. The average molecular weight is 367 g/mol. The van der Waals surface area contributed by atoms with E-state index in [9.17, 15) is 4.79 Å². The van der Waals surface area contributed by atoms with Crippen molar-refractivity contribution in [3.63, 3.8) is 0 Å². The van der Waals surface area contributed by atoms with Gasteiger partial charge in [-0.3, -0.25) is 5.32 Å². The number of aromatic nitrogens is 3. The van der Waals surface area contributed by atoms with E-state index in [1.165, 1.54) is 17.7 Å². The van der Waals surface area contributed by atoms with E-state index in [-0.39, 0.29) is 6.03 Å². The van der Waals surface area contributed by atoms with Gasteiger partial charge in [-0.25, -0.2) is 14.5 Å². The number of benzene rings is 1. The molecular formula is C19H21N5OS. The van der Waals surface area contributed by atoms with Crippen LogP contribution >= 0.6 is 11.3 Å². The number of aryl methyl sites for hydroxylation is 2. The molecule has 26 heavy (non-hydrogen) atoms. The van der Waals surface area contributed by atoms with Crippen LogP contribution in [0.3, 0.4) is 0 Å². The third kappa shape index (κ3) is 3.94. The molecule has 2 N–H and O–H groups in total. The van der Waals surface area contributed by atoms with Crippen LogP contribution in [0.2, 0.25) is 0 Å². The molecule has 0 unspecified atom stereocenters. The van der Waals surface area contributed by atoms with E-state index in [0.717, 1.165) is 36.2 Å². The first-order valence-corrected chi connectivity index (χ1v) is 9.72. The molecule has 0 fully saturated rings. The summed E-state index contributed by atoms with van der Waals surface area (Å²) in [4.78, 5) is 17.9. The predicted octanol–water partition coefficient (Wildman–Crippen LogP) is 3.57. The number of fused-ring (bicyclic) bond motifs is 1. The highest BCUT2D eigenvalue weighted by Crippen LogP contribution is 2.29. The molecule has 0 aliphatic heterocycles. The minimum atomic E-state index is -0.202. The topological polar surface area (TPSA) is 71.8 Å². The van der Waals surface area contributed by atoms with Crippen molar-refractivity contribution in [3.8, 4) is 5.69 Å². The van der Waals surface area contributed by atoms with E-state index in [4.69, 9.17) is 0 Å². The Morgan fingerprint density at radius 3 is 2.88 bits per heavy atom. The minimum Gasteiger partial charge on any atom is -0.337 e. The van der Waals surface area contributed by atoms with Crippen molar-refractivity contribution in [2.24, 2.45) is 0 Å². The molecule has 1 aromatic carbocycles. The lowest BCUT2D eigenvalue weighted by Gasteiger charge is -2.06. The fraction of sp³-hybridized carbons (Fsp3) is 0.316. The van der Waals surface area contributed by atoms with Crippen molar-refractivity contribution in [2.75, 3.05) is 11.9 Å². The molecule has 0 bridgehead atoms. The number of rotatable bonds is 5. The van der Waals surface area contributed by atoms with Gasteiger partial charge in [-0.2, -0.15) is 5.10 Å². The van der Waals surface area contributed by atoms with Gasteiger partial charge in [0.1, 0.15) is 0 Å². The van der Waals surface area contributed by atoms with Crippen molar-refractivity contribution < 1.29 is 4.79 Å². The maximum Gasteiger partial charge on any atom is 0.321 e. The fourth-order valence-corrected chi connectivity index (χ4v) is 4.12. The Morgan fingerprint density at radius 1 is 1.19 bits per heavy atom. The van der Waals surface area contributed by atoms with Gasteiger partial charge >= 0.3 is 6.03 Å². The molecule has 0 saturated heterocycles. The van der Waals surface area contributed by atoms with E-state index in [1.807, 2.05) is 47.4 Å². The lowest BCUT2D eigenvalue weighted by Crippen LogP contribution is -2.30. The minimum absolute atomic E-state index is 0.202. The highest BCUT2D eigenvalue weighted by molar-refractivity contribution is 7.15. The molecule has 0 saturated carbocycles. The van der Waals surface area contributed by atoms with Crippen LogP contribution in [-0.2, 0) is 19.3 Å². The van der Waals surface area contributed by atoms with Crippen molar-refractivity contribution in [1.29, 1.82) is 0 Å². The SMILES string of the molecule is O=C(NCCc1cnn(-c2ccccc2)c1)Nc1nc2c(s1)CCCC2. The number of nitrogens with zero attached hydrogens (tertiary/aromatic N) is 3. The molecule has 7 heteroatoms. The van der Waals surface area contributed by atoms with Crippen LogP contribution in [-0.4, -0.2) is 27.3 Å². The molecular weight excluding hydrogens is 346 g/mol. The molecule has 2 heterocycles.